The minimum atomic E-state index is -1.06. The maximum atomic E-state index is 12.7. The van der Waals surface area contributed by atoms with Crippen LogP contribution in [0.2, 0.25) is 0 Å². The van der Waals surface area contributed by atoms with Crippen molar-refractivity contribution in [3.05, 3.63) is 48.0 Å². The minimum absolute atomic E-state index is 0.210. The van der Waals surface area contributed by atoms with Gasteiger partial charge in [-0.25, -0.2) is 14.4 Å². The number of carbonyl (C=O) groups is 3. The van der Waals surface area contributed by atoms with Crippen molar-refractivity contribution in [3.63, 3.8) is 0 Å². The predicted octanol–water partition coefficient (Wildman–Crippen LogP) is 3.78. The van der Waals surface area contributed by atoms with Crippen molar-refractivity contribution in [1.29, 1.82) is 0 Å². The maximum absolute atomic E-state index is 12.7. The molecule has 8 heteroatoms. The Balaban J connectivity index is 1.48. The molecule has 1 aliphatic heterocycles. The number of nitrogens with zero attached hydrogens (tertiary/aromatic N) is 1. The van der Waals surface area contributed by atoms with Crippen LogP contribution in [-0.4, -0.2) is 59.4 Å². The van der Waals surface area contributed by atoms with Gasteiger partial charge in [-0.05, 0) is 55.9 Å². The van der Waals surface area contributed by atoms with Gasteiger partial charge in [0.1, 0.15) is 11.6 Å². The van der Waals surface area contributed by atoms with Crippen molar-refractivity contribution in [2.24, 2.45) is 5.92 Å². The average Bonchev–Trinajstić information content (AvgIpc) is 2.76. The number of carboxylic acids is 1. The van der Waals surface area contributed by atoms with Crippen LogP contribution in [0.1, 0.15) is 39.2 Å². The number of ether oxygens (including phenoxy) is 1. The number of alkyl carbamates (subject to hydrolysis) is 1. The van der Waals surface area contributed by atoms with E-state index in [1.54, 1.807) is 4.90 Å². The minimum Gasteiger partial charge on any atom is -0.480 e. The lowest BCUT2D eigenvalue weighted by Gasteiger charge is -2.33. The monoisotopic (exact) mass is 455 g/mol. The second kappa shape index (κ2) is 10.6. The number of rotatable bonds is 6. The van der Waals surface area contributed by atoms with Gasteiger partial charge in [0, 0.05) is 26.1 Å². The summed E-state index contributed by atoms with van der Waals surface area (Å²) in [6.45, 7) is 6.95. The number of piperidine rings is 1. The van der Waals surface area contributed by atoms with Crippen LogP contribution in [0.4, 0.5) is 9.59 Å². The van der Waals surface area contributed by atoms with Gasteiger partial charge < -0.3 is 25.4 Å². The van der Waals surface area contributed by atoms with E-state index in [9.17, 15) is 19.5 Å². The van der Waals surface area contributed by atoms with Gasteiger partial charge in [0.15, 0.2) is 0 Å². The summed E-state index contributed by atoms with van der Waals surface area (Å²) in [6, 6.07) is 12.3. The second-order valence-electron chi connectivity index (χ2n) is 9.54. The van der Waals surface area contributed by atoms with Crippen molar-refractivity contribution in [2.45, 2.75) is 51.7 Å². The molecular weight excluding hydrogens is 422 g/mol. The van der Waals surface area contributed by atoms with Crippen LogP contribution in [0, 0.1) is 5.92 Å². The molecule has 1 fully saturated rings. The van der Waals surface area contributed by atoms with Gasteiger partial charge in [-0.1, -0.05) is 42.5 Å². The van der Waals surface area contributed by atoms with Crippen LogP contribution in [-0.2, 0) is 16.0 Å². The van der Waals surface area contributed by atoms with Crippen LogP contribution >= 0.6 is 0 Å². The van der Waals surface area contributed by atoms with Gasteiger partial charge in [0.25, 0.3) is 0 Å². The van der Waals surface area contributed by atoms with E-state index >= 15 is 0 Å². The summed E-state index contributed by atoms with van der Waals surface area (Å²) in [6.07, 6.45) is 1.22. The molecule has 3 rings (SSSR count). The molecule has 0 radical (unpaired) electrons. The molecule has 2 aromatic rings. The van der Waals surface area contributed by atoms with Crippen molar-refractivity contribution in [3.8, 4) is 0 Å². The maximum Gasteiger partial charge on any atom is 0.407 e. The molecule has 0 bridgehead atoms. The molecule has 8 nitrogen and oxygen atoms in total. The normalized spacial score (nSPS) is 15.7. The lowest BCUT2D eigenvalue weighted by molar-refractivity contribution is -0.139. The summed E-state index contributed by atoms with van der Waals surface area (Å²) in [7, 11) is 0. The Kier molecular flexibility index (Phi) is 7.79. The number of urea groups is 1. The fourth-order valence-corrected chi connectivity index (χ4v) is 3.92. The summed E-state index contributed by atoms with van der Waals surface area (Å²) < 4.78 is 5.25. The van der Waals surface area contributed by atoms with E-state index in [0.717, 1.165) is 29.2 Å². The van der Waals surface area contributed by atoms with Gasteiger partial charge in [0.2, 0.25) is 0 Å². The molecule has 3 N–H and O–H groups in total. The first kappa shape index (κ1) is 24.4. The highest BCUT2D eigenvalue weighted by molar-refractivity contribution is 5.85. The summed E-state index contributed by atoms with van der Waals surface area (Å²) in [5, 5.41) is 17.2. The van der Waals surface area contributed by atoms with E-state index < -0.39 is 23.7 Å². The fraction of sp³-hybridized carbons (Fsp3) is 0.480. The highest BCUT2D eigenvalue weighted by Gasteiger charge is 2.27. The lowest BCUT2D eigenvalue weighted by Crippen LogP contribution is -2.51. The van der Waals surface area contributed by atoms with Crippen LogP contribution in [0.3, 0.4) is 0 Å². The Hall–Kier alpha value is -3.29. The third-order valence-electron chi connectivity index (χ3n) is 5.69. The van der Waals surface area contributed by atoms with E-state index in [4.69, 9.17) is 4.74 Å². The molecule has 3 amide bonds. The first-order chi connectivity index (χ1) is 15.6. The van der Waals surface area contributed by atoms with Crippen molar-refractivity contribution < 1.29 is 24.2 Å². The molecule has 2 aromatic carbocycles. The Morgan fingerprint density at radius 2 is 1.76 bits per heavy atom. The van der Waals surface area contributed by atoms with Crippen molar-refractivity contribution in [1.82, 2.24) is 15.5 Å². The molecule has 0 aromatic heterocycles. The van der Waals surface area contributed by atoms with Gasteiger partial charge in [0.05, 0.1) is 0 Å². The summed E-state index contributed by atoms with van der Waals surface area (Å²) in [5.41, 5.74) is 0.312. The molecule has 1 aliphatic rings. The number of amides is 3. The Morgan fingerprint density at radius 3 is 2.39 bits per heavy atom. The fourth-order valence-electron chi connectivity index (χ4n) is 3.92. The van der Waals surface area contributed by atoms with E-state index in [1.807, 2.05) is 63.2 Å². The predicted molar refractivity (Wildman–Crippen MR) is 126 cm³/mol. The van der Waals surface area contributed by atoms with Gasteiger partial charge in [-0.3, -0.25) is 0 Å². The van der Waals surface area contributed by atoms with Crippen LogP contribution in [0.5, 0.6) is 0 Å². The third kappa shape index (κ3) is 7.37. The molecule has 0 aliphatic carbocycles. The van der Waals surface area contributed by atoms with E-state index in [-0.39, 0.29) is 18.4 Å². The number of hydrogen-bond donors (Lipinski definition) is 3. The first-order valence-electron chi connectivity index (χ1n) is 11.3. The molecule has 1 heterocycles. The smallest absolute Gasteiger partial charge is 0.407 e. The number of fused-ring (bicyclic) bond motifs is 1. The number of benzene rings is 2. The quantitative estimate of drug-likeness (QED) is 0.614. The second-order valence-corrected chi connectivity index (χ2v) is 9.54. The zero-order valence-electron chi connectivity index (χ0n) is 19.5. The number of carbonyl (C=O) groups excluding carboxylic acids is 2. The molecule has 0 spiro atoms. The molecule has 33 heavy (non-hydrogen) atoms. The largest absolute Gasteiger partial charge is 0.480 e. The Labute approximate surface area is 194 Å². The zero-order valence-corrected chi connectivity index (χ0v) is 19.5. The number of carboxylic acid groups (broad SMARTS) is 1. The van der Waals surface area contributed by atoms with Gasteiger partial charge in [-0.2, -0.15) is 0 Å². The number of nitrogens with one attached hydrogen (secondary N) is 2. The molecular formula is C25H33N3O5. The van der Waals surface area contributed by atoms with Crippen LogP contribution < -0.4 is 10.6 Å². The summed E-state index contributed by atoms with van der Waals surface area (Å²) >= 11 is 0. The van der Waals surface area contributed by atoms with Crippen LogP contribution in [0.25, 0.3) is 10.8 Å². The molecule has 1 atom stereocenters. The molecule has 0 unspecified atom stereocenters. The van der Waals surface area contributed by atoms with Gasteiger partial charge >= 0.3 is 18.1 Å². The molecule has 1 saturated heterocycles. The Bertz CT molecular complexity index is 993. The molecule has 178 valence electrons. The topological polar surface area (TPSA) is 108 Å². The number of hydrogen-bond acceptors (Lipinski definition) is 4. The summed E-state index contributed by atoms with van der Waals surface area (Å²) in [5.74, 6) is -0.817. The van der Waals surface area contributed by atoms with Gasteiger partial charge in [-0.15, -0.1) is 0 Å². The Morgan fingerprint density at radius 1 is 1.09 bits per heavy atom. The van der Waals surface area contributed by atoms with Crippen molar-refractivity contribution >= 4 is 28.9 Å². The molecule has 0 saturated carbocycles. The van der Waals surface area contributed by atoms with Crippen LogP contribution in [0.15, 0.2) is 42.5 Å². The van der Waals surface area contributed by atoms with Crippen molar-refractivity contribution in [2.75, 3.05) is 19.6 Å². The van der Waals surface area contributed by atoms with E-state index in [2.05, 4.69) is 10.6 Å². The highest BCUT2D eigenvalue weighted by atomic mass is 16.6. The average molecular weight is 456 g/mol. The number of aliphatic carboxylic acids is 1. The standard InChI is InChI=1S/C25H33N3O5/c1-25(2,3)33-24(32)26-16-17-10-12-28(13-11-17)23(31)27-21(22(29)30)15-18-8-9-19-6-4-5-7-20(19)14-18/h4-9,14,17,21H,10-13,15-16H2,1-3H3,(H,26,32)(H,27,31)(H,29,30)/t21-/m0/s1. The lowest BCUT2D eigenvalue weighted by atomic mass is 9.97. The van der Waals surface area contributed by atoms with E-state index in [0.29, 0.717) is 19.6 Å². The SMILES string of the molecule is CC(C)(C)OC(=O)NCC1CCN(C(=O)N[C@@H](Cc2ccc3ccccc3c2)C(=O)O)CC1. The summed E-state index contributed by atoms with van der Waals surface area (Å²) in [4.78, 5) is 38.0. The van der Waals surface area contributed by atoms with E-state index in [1.165, 1.54) is 0 Å². The number of likely N-dealkylation sites (tertiary alicyclic amines) is 1. The highest BCUT2D eigenvalue weighted by Crippen LogP contribution is 2.19. The third-order valence-corrected chi connectivity index (χ3v) is 5.69. The first-order valence-corrected chi connectivity index (χ1v) is 11.3. The zero-order chi connectivity index (χ0) is 24.0.